The minimum Gasteiger partial charge on any atom is -0.490 e. The van der Waals surface area contributed by atoms with E-state index in [4.69, 9.17) is 21.1 Å². The van der Waals surface area contributed by atoms with Crippen LogP contribution in [0.15, 0.2) is 36.4 Å². The zero-order chi connectivity index (χ0) is 20.9. The van der Waals surface area contributed by atoms with Gasteiger partial charge in [0, 0.05) is 6.54 Å². The van der Waals surface area contributed by atoms with Gasteiger partial charge in [-0.1, -0.05) is 80.5 Å². The molecule has 3 nitrogen and oxygen atoms in total. The highest BCUT2D eigenvalue weighted by atomic mass is 35.5. The molecule has 0 fully saturated rings. The van der Waals surface area contributed by atoms with E-state index in [9.17, 15) is 0 Å². The Morgan fingerprint density at radius 3 is 2.45 bits per heavy atom. The highest BCUT2D eigenvalue weighted by Gasteiger charge is 2.13. The number of benzene rings is 2. The van der Waals surface area contributed by atoms with Gasteiger partial charge in [-0.15, -0.1) is 0 Å². The van der Waals surface area contributed by atoms with Crippen LogP contribution in [0.3, 0.4) is 0 Å². The molecule has 0 aliphatic rings. The van der Waals surface area contributed by atoms with Crippen LogP contribution >= 0.6 is 11.6 Å². The van der Waals surface area contributed by atoms with E-state index in [-0.39, 0.29) is 0 Å². The van der Waals surface area contributed by atoms with E-state index in [1.165, 1.54) is 44.1 Å². The number of unbranched alkanes of at least 4 members (excludes halogenated alkanes) is 5. The van der Waals surface area contributed by atoms with Gasteiger partial charge in [0.25, 0.3) is 0 Å². The van der Waals surface area contributed by atoms with E-state index in [0.717, 1.165) is 24.2 Å². The fraction of sp³-hybridized carbons (Fsp3) is 0.520. The molecule has 160 valence electrons. The molecule has 1 N–H and O–H groups in total. The van der Waals surface area contributed by atoms with Crippen molar-refractivity contribution in [2.45, 2.75) is 72.4 Å². The highest BCUT2D eigenvalue weighted by molar-refractivity contribution is 6.32. The van der Waals surface area contributed by atoms with Gasteiger partial charge in [0.2, 0.25) is 0 Å². The topological polar surface area (TPSA) is 30.5 Å². The molecule has 0 bridgehead atoms. The second kappa shape index (κ2) is 13.5. The molecule has 0 aromatic heterocycles. The molecular weight excluding hydrogens is 382 g/mol. The second-order valence-electron chi connectivity index (χ2n) is 7.56. The fourth-order valence-corrected chi connectivity index (χ4v) is 3.63. The average Bonchev–Trinajstić information content (AvgIpc) is 2.70. The van der Waals surface area contributed by atoms with Crippen LogP contribution in [0.5, 0.6) is 11.5 Å². The first-order chi connectivity index (χ1) is 14.1. The van der Waals surface area contributed by atoms with Gasteiger partial charge in [0.1, 0.15) is 6.61 Å². The van der Waals surface area contributed by atoms with Crippen LogP contribution in [0, 0.1) is 6.92 Å². The Bertz CT molecular complexity index is 733. The van der Waals surface area contributed by atoms with Crippen molar-refractivity contribution in [3.63, 3.8) is 0 Å². The van der Waals surface area contributed by atoms with Gasteiger partial charge >= 0.3 is 0 Å². The predicted molar refractivity (Wildman–Crippen MR) is 123 cm³/mol. The Labute approximate surface area is 181 Å². The van der Waals surface area contributed by atoms with E-state index in [0.29, 0.717) is 29.7 Å². The van der Waals surface area contributed by atoms with E-state index < -0.39 is 0 Å². The summed E-state index contributed by atoms with van der Waals surface area (Å²) >= 11 is 6.55. The van der Waals surface area contributed by atoms with Crippen LogP contribution in [0.2, 0.25) is 5.02 Å². The lowest BCUT2D eigenvalue weighted by Crippen LogP contribution is -2.15. The second-order valence-corrected chi connectivity index (χ2v) is 7.97. The highest BCUT2D eigenvalue weighted by Crippen LogP contribution is 2.37. The van der Waals surface area contributed by atoms with Crippen molar-refractivity contribution in [3.05, 3.63) is 58.1 Å². The molecule has 0 radical (unpaired) electrons. The number of ether oxygens (including phenoxy) is 2. The summed E-state index contributed by atoms with van der Waals surface area (Å²) in [5.74, 6) is 1.33. The summed E-state index contributed by atoms with van der Waals surface area (Å²) in [5, 5.41) is 4.11. The van der Waals surface area contributed by atoms with Crippen LogP contribution in [0.1, 0.15) is 69.1 Å². The van der Waals surface area contributed by atoms with Crippen molar-refractivity contribution >= 4 is 11.6 Å². The van der Waals surface area contributed by atoms with Crippen LogP contribution in [0.25, 0.3) is 0 Å². The zero-order valence-electron chi connectivity index (χ0n) is 18.2. The Hall–Kier alpha value is -1.71. The summed E-state index contributed by atoms with van der Waals surface area (Å²) in [6, 6.07) is 12.3. The number of nitrogens with one attached hydrogen (secondary N) is 1. The number of rotatable bonds is 14. The van der Waals surface area contributed by atoms with Gasteiger partial charge in [-0.3, -0.25) is 0 Å². The van der Waals surface area contributed by atoms with Gasteiger partial charge in [-0.05, 0) is 50.1 Å². The van der Waals surface area contributed by atoms with E-state index >= 15 is 0 Å². The van der Waals surface area contributed by atoms with Crippen molar-refractivity contribution in [3.8, 4) is 11.5 Å². The first-order valence-electron chi connectivity index (χ1n) is 11.0. The molecule has 0 saturated heterocycles. The summed E-state index contributed by atoms with van der Waals surface area (Å²) in [6.07, 6.45) is 7.85. The quantitative estimate of drug-likeness (QED) is 0.333. The maximum absolute atomic E-state index is 6.55. The van der Waals surface area contributed by atoms with Gasteiger partial charge in [-0.25, -0.2) is 0 Å². The largest absolute Gasteiger partial charge is 0.490 e. The lowest BCUT2D eigenvalue weighted by molar-refractivity contribution is 0.269. The SMILES string of the molecule is CCCCCCCCNCc1cc(Cl)c(OCc2cccc(C)c2)c(OCC)c1. The van der Waals surface area contributed by atoms with Gasteiger partial charge in [0.15, 0.2) is 11.5 Å². The molecule has 0 unspecified atom stereocenters. The molecule has 0 spiro atoms. The smallest absolute Gasteiger partial charge is 0.180 e. The minimum absolute atomic E-state index is 0.469. The van der Waals surface area contributed by atoms with Crippen LogP contribution in [0.4, 0.5) is 0 Å². The first-order valence-corrected chi connectivity index (χ1v) is 11.4. The summed E-state index contributed by atoms with van der Waals surface area (Å²) in [6.45, 7) is 9.16. The summed E-state index contributed by atoms with van der Waals surface area (Å²) in [4.78, 5) is 0. The Balaban J connectivity index is 1.89. The Morgan fingerprint density at radius 2 is 1.69 bits per heavy atom. The van der Waals surface area contributed by atoms with Crippen molar-refractivity contribution in [2.75, 3.05) is 13.2 Å². The third-order valence-corrected chi connectivity index (χ3v) is 5.15. The lowest BCUT2D eigenvalue weighted by Gasteiger charge is -2.16. The number of hydrogen-bond donors (Lipinski definition) is 1. The molecule has 0 saturated carbocycles. The summed E-state index contributed by atoms with van der Waals surface area (Å²) in [5.41, 5.74) is 3.45. The molecule has 4 heteroatoms. The standard InChI is InChI=1S/C25H36ClNO2/c1-4-6-7-8-9-10-14-27-18-22-16-23(26)25(24(17-22)28-5-2)29-19-21-13-11-12-20(3)15-21/h11-13,15-17,27H,4-10,14,18-19H2,1-3H3. The third-order valence-electron chi connectivity index (χ3n) is 4.87. The molecule has 2 aromatic carbocycles. The van der Waals surface area contributed by atoms with Crippen LogP contribution in [-0.4, -0.2) is 13.2 Å². The number of halogens is 1. The monoisotopic (exact) mass is 417 g/mol. The molecule has 29 heavy (non-hydrogen) atoms. The van der Waals surface area contributed by atoms with E-state index in [2.05, 4.69) is 37.4 Å². The average molecular weight is 418 g/mol. The molecule has 0 aliphatic carbocycles. The molecule has 0 amide bonds. The maximum atomic E-state index is 6.55. The fourth-order valence-electron chi connectivity index (χ4n) is 3.35. The molecular formula is C25H36ClNO2. The van der Waals surface area contributed by atoms with Crippen molar-refractivity contribution in [2.24, 2.45) is 0 Å². The Kier molecular flexibility index (Phi) is 11.0. The normalized spacial score (nSPS) is 10.9. The minimum atomic E-state index is 0.469. The molecule has 2 aromatic rings. The van der Waals surface area contributed by atoms with Crippen LogP contribution in [-0.2, 0) is 13.2 Å². The van der Waals surface area contributed by atoms with Crippen LogP contribution < -0.4 is 14.8 Å². The molecule has 0 heterocycles. The van der Waals surface area contributed by atoms with Crippen molar-refractivity contribution < 1.29 is 9.47 Å². The van der Waals surface area contributed by atoms with E-state index in [1.54, 1.807) is 0 Å². The van der Waals surface area contributed by atoms with Crippen molar-refractivity contribution in [1.82, 2.24) is 5.32 Å². The predicted octanol–water partition coefficient (Wildman–Crippen LogP) is 7.08. The van der Waals surface area contributed by atoms with Gasteiger partial charge in [0.05, 0.1) is 11.6 Å². The maximum Gasteiger partial charge on any atom is 0.180 e. The van der Waals surface area contributed by atoms with Crippen molar-refractivity contribution in [1.29, 1.82) is 0 Å². The molecule has 0 atom stereocenters. The lowest BCUT2D eigenvalue weighted by atomic mass is 10.1. The molecule has 0 aliphatic heterocycles. The van der Waals surface area contributed by atoms with Gasteiger partial charge < -0.3 is 14.8 Å². The number of hydrogen-bond acceptors (Lipinski definition) is 3. The summed E-state index contributed by atoms with van der Waals surface area (Å²) in [7, 11) is 0. The third kappa shape index (κ3) is 8.67. The first kappa shape index (κ1) is 23.6. The van der Waals surface area contributed by atoms with E-state index in [1.807, 2.05) is 25.1 Å². The van der Waals surface area contributed by atoms with Gasteiger partial charge in [-0.2, -0.15) is 0 Å². The zero-order valence-corrected chi connectivity index (χ0v) is 19.0. The Morgan fingerprint density at radius 1 is 0.897 bits per heavy atom. The molecule has 2 rings (SSSR count). The summed E-state index contributed by atoms with van der Waals surface area (Å²) < 4.78 is 11.8. The number of aryl methyl sites for hydroxylation is 1.